The van der Waals surface area contributed by atoms with Crippen LogP contribution in [0.2, 0.25) is 0 Å². The molecule has 0 aliphatic carbocycles. The normalized spacial score (nSPS) is 11.2. The summed E-state index contributed by atoms with van der Waals surface area (Å²) in [6, 6.07) is 13.2. The molecule has 6 nitrogen and oxygen atoms in total. The Labute approximate surface area is 177 Å². The SMILES string of the molecule is CNC(CCN(C(C)=O)c1cccc(F)c1)c1ccc(OC(=O)N(C)C)cc1.Cl. The predicted octanol–water partition coefficient (Wildman–Crippen LogP) is 4.01. The Morgan fingerprint density at radius 1 is 1.14 bits per heavy atom. The van der Waals surface area contributed by atoms with E-state index in [9.17, 15) is 14.0 Å². The molecule has 1 atom stereocenters. The molecule has 0 aliphatic heterocycles. The minimum absolute atomic E-state index is 0. The van der Waals surface area contributed by atoms with Crippen LogP contribution in [0.1, 0.15) is 24.9 Å². The van der Waals surface area contributed by atoms with Gasteiger partial charge in [-0.15, -0.1) is 12.4 Å². The van der Waals surface area contributed by atoms with Crippen molar-refractivity contribution in [3.63, 3.8) is 0 Å². The summed E-state index contributed by atoms with van der Waals surface area (Å²) in [5.74, 6) is -0.0643. The number of amides is 2. The highest BCUT2D eigenvalue weighted by atomic mass is 35.5. The number of rotatable bonds is 7. The molecule has 158 valence electrons. The lowest BCUT2D eigenvalue weighted by atomic mass is 10.0. The second-order valence-corrected chi connectivity index (χ2v) is 6.61. The van der Waals surface area contributed by atoms with Crippen molar-refractivity contribution < 1.29 is 18.7 Å². The standard InChI is InChI=1S/C21H26FN3O3.ClH/c1-15(26)25(18-7-5-6-17(22)14-18)13-12-20(23-2)16-8-10-19(11-9-16)28-21(27)24(3)4;/h5-11,14,20,23H,12-13H2,1-4H3;1H. The van der Waals surface area contributed by atoms with Crippen LogP contribution in [0.4, 0.5) is 14.9 Å². The molecule has 2 amide bonds. The average molecular weight is 424 g/mol. The summed E-state index contributed by atoms with van der Waals surface area (Å²) in [5, 5.41) is 3.23. The maximum Gasteiger partial charge on any atom is 0.414 e. The molecule has 8 heteroatoms. The maximum absolute atomic E-state index is 13.5. The Morgan fingerprint density at radius 2 is 1.79 bits per heavy atom. The van der Waals surface area contributed by atoms with Crippen molar-refractivity contribution >= 4 is 30.1 Å². The molecule has 0 fully saturated rings. The lowest BCUT2D eigenvalue weighted by molar-refractivity contribution is -0.116. The number of hydrogen-bond acceptors (Lipinski definition) is 4. The van der Waals surface area contributed by atoms with Gasteiger partial charge in [-0.1, -0.05) is 18.2 Å². The van der Waals surface area contributed by atoms with E-state index >= 15 is 0 Å². The molecule has 2 rings (SSSR count). The van der Waals surface area contributed by atoms with Crippen LogP contribution in [-0.4, -0.2) is 44.6 Å². The molecule has 29 heavy (non-hydrogen) atoms. The molecule has 0 spiro atoms. The minimum Gasteiger partial charge on any atom is -0.410 e. The molecular formula is C21H27ClFN3O3. The summed E-state index contributed by atoms with van der Waals surface area (Å²) in [6.45, 7) is 1.90. The van der Waals surface area contributed by atoms with E-state index in [1.807, 2.05) is 19.2 Å². The van der Waals surface area contributed by atoms with E-state index in [2.05, 4.69) is 5.32 Å². The number of halogens is 2. The highest BCUT2D eigenvalue weighted by molar-refractivity contribution is 5.91. The van der Waals surface area contributed by atoms with Gasteiger partial charge >= 0.3 is 6.09 Å². The van der Waals surface area contributed by atoms with Crippen molar-refractivity contribution in [3.8, 4) is 5.75 Å². The summed E-state index contributed by atoms with van der Waals surface area (Å²) >= 11 is 0. The Bertz CT molecular complexity index is 815. The fourth-order valence-corrected chi connectivity index (χ4v) is 2.81. The quantitative estimate of drug-likeness (QED) is 0.730. The second-order valence-electron chi connectivity index (χ2n) is 6.61. The predicted molar refractivity (Wildman–Crippen MR) is 114 cm³/mol. The van der Waals surface area contributed by atoms with Gasteiger partial charge in [0.25, 0.3) is 0 Å². The summed E-state index contributed by atoms with van der Waals surface area (Å²) in [6.07, 6.45) is 0.189. The van der Waals surface area contributed by atoms with Crippen molar-refractivity contribution in [1.29, 1.82) is 0 Å². The van der Waals surface area contributed by atoms with Gasteiger partial charge in [0, 0.05) is 39.3 Å². The molecule has 0 saturated heterocycles. The summed E-state index contributed by atoms with van der Waals surface area (Å²) in [7, 11) is 5.07. The topological polar surface area (TPSA) is 61.9 Å². The van der Waals surface area contributed by atoms with Crippen LogP contribution in [0.5, 0.6) is 5.75 Å². The number of anilines is 1. The molecule has 0 saturated carbocycles. The van der Waals surface area contributed by atoms with Crippen LogP contribution in [0, 0.1) is 5.82 Å². The van der Waals surface area contributed by atoms with Crippen molar-refractivity contribution in [2.24, 2.45) is 0 Å². The smallest absolute Gasteiger partial charge is 0.410 e. The Hall–Kier alpha value is -2.64. The molecule has 0 heterocycles. The number of nitrogens with one attached hydrogen (secondary N) is 1. The average Bonchev–Trinajstić information content (AvgIpc) is 2.65. The third kappa shape index (κ3) is 7.03. The number of hydrogen-bond donors (Lipinski definition) is 1. The second kappa shape index (κ2) is 11.4. The molecule has 1 N–H and O–H groups in total. The summed E-state index contributed by atoms with van der Waals surface area (Å²) < 4.78 is 18.7. The first-order valence-electron chi connectivity index (χ1n) is 9.02. The monoisotopic (exact) mass is 423 g/mol. The highest BCUT2D eigenvalue weighted by Crippen LogP contribution is 2.23. The lowest BCUT2D eigenvalue weighted by Crippen LogP contribution is -2.32. The summed E-state index contributed by atoms with van der Waals surface area (Å²) in [4.78, 5) is 26.6. The fraction of sp³-hybridized carbons (Fsp3) is 0.333. The van der Waals surface area contributed by atoms with Crippen molar-refractivity contribution in [2.45, 2.75) is 19.4 Å². The van der Waals surface area contributed by atoms with Crippen molar-refractivity contribution in [1.82, 2.24) is 10.2 Å². The zero-order valence-electron chi connectivity index (χ0n) is 17.0. The third-order valence-electron chi connectivity index (χ3n) is 4.34. The fourth-order valence-electron chi connectivity index (χ4n) is 2.81. The first kappa shape index (κ1) is 24.4. The Balaban J connectivity index is 0.00000420. The van der Waals surface area contributed by atoms with E-state index in [1.165, 1.54) is 24.0 Å². The largest absolute Gasteiger partial charge is 0.414 e. The van der Waals surface area contributed by atoms with Gasteiger partial charge in [0.15, 0.2) is 0 Å². The number of benzene rings is 2. The highest BCUT2D eigenvalue weighted by Gasteiger charge is 2.16. The van der Waals surface area contributed by atoms with E-state index in [1.54, 1.807) is 43.3 Å². The van der Waals surface area contributed by atoms with Crippen molar-refractivity contribution in [2.75, 3.05) is 32.6 Å². The molecule has 2 aromatic carbocycles. The maximum atomic E-state index is 13.5. The number of carbonyl (C=O) groups excluding carboxylic acids is 2. The van der Waals surface area contributed by atoms with Crippen LogP contribution in [0.15, 0.2) is 48.5 Å². The zero-order chi connectivity index (χ0) is 20.7. The number of ether oxygens (including phenoxy) is 1. The molecule has 0 radical (unpaired) electrons. The van der Waals surface area contributed by atoms with Crippen LogP contribution >= 0.6 is 12.4 Å². The Kier molecular flexibility index (Phi) is 9.58. The van der Waals surface area contributed by atoms with Gasteiger partial charge in [0.1, 0.15) is 11.6 Å². The van der Waals surface area contributed by atoms with Gasteiger partial charge in [0.05, 0.1) is 0 Å². The molecular weight excluding hydrogens is 397 g/mol. The lowest BCUT2D eigenvalue weighted by Gasteiger charge is -2.25. The minimum atomic E-state index is -0.440. The third-order valence-corrected chi connectivity index (χ3v) is 4.34. The van der Waals surface area contributed by atoms with E-state index in [0.29, 0.717) is 24.4 Å². The molecule has 0 aliphatic rings. The van der Waals surface area contributed by atoms with Gasteiger partial charge in [0.2, 0.25) is 5.91 Å². The molecule has 1 unspecified atom stereocenters. The summed E-state index contributed by atoms with van der Waals surface area (Å²) in [5.41, 5.74) is 1.53. The van der Waals surface area contributed by atoms with Crippen LogP contribution in [0.3, 0.4) is 0 Å². The molecule has 0 bridgehead atoms. The van der Waals surface area contributed by atoms with Gasteiger partial charge in [-0.25, -0.2) is 9.18 Å². The van der Waals surface area contributed by atoms with Gasteiger partial charge in [-0.3, -0.25) is 4.79 Å². The van der Waals surface area contributed by atoms with E-state index in [0.717, 1.165) is 5.56 Å². The van der Waals surface area contributed by atoms with Gasteiger partial charge in [-0.2, -0.15) is 0 Å². The molecule has 0 aromatic heterocycles. The zero-order valence-corrected chi connectivity index (χ0v) is 17.8. The van der Waals surface area contributed by atoms with E-state index in [-0.39, 0.29) is 30.2 Å². The Morgan fingerprint density at radius 3 is 2.31 bits per heavy atom. The van der Waals surface area contributed by atoms with Gasteiger partial charge in [-0.05, 0) is 49.4 Å². The first-order chi connectivity index (χ1) is 13.3. The van der Waals surface area contributed by atoms with Crippen molar-refractivity contribution in [3.05, 3.63) is 59.9 Å². The van der Waals surface area contributed by atoms with Gasteiger partial charge < -0.3 is 19.9 Å². The molecule has 2 aromatic rings. The van der Waals surface area contributed by atoms with E-state index in [4.69, 9.17) is 4.74 Å². The van der Waals surface area contributed by atoms with Crippen LogP contribution in [-0.2, 0) is 4.79 Å². The van der Waals surface area contributed by atoms with Crippen LogP contribution in [0.25, 0.3) is 0 Å². The number of carbonyl (C=O) groups is 2. The first-order valence-corrected chi connectivity index (χ1v) is 9.02. The number of nitrogens with zero attached hydrogens (tertiary/aromatic N) is 2. The van der Waals surface area contributed by atoms with Crippen LogP contribution < -0.4 is 15.0 Å². The van der Waals surface area contributed by atoms with E-state index < -0.39 is 6.09 Å².